The molecule has 0 radical (unpaired) electrons. The van der Waals surface area contributed by atoms with Gasteiger partial charge in [0.2, 0.25) is 0 Å². The van der Waals surface area contributed by atoms with Gasteiger partial charge in [0.15, 0.2) is 5.70 Å². The second-order valence-electron chi connectivity index (χ2n) is 4.44. The van der Waals surface area contributed by atoms with Gasteiger partial charge in [0.1, 0.15) is 6.07 Å². The average molecular weight is 264 g/mol. The molecule has 0 unspecified atom stereocenters. The molecule has 0 aromatic heterocycles. The Bertz CT molecular complexity index is 678. The number of benzene rings is 2. The number of hydrogen-bond donors (Lipinski definition) is 3. The van der Waals surface area contributed by atoms with Gasteiger partial charge in [-0.25, -0.2) is 5.84 Å². The molecule has 4 heteroatoms. The predicted molar refractivity (Wildman–Crippen MR) is 80.7 cm³/mol. The lowest BCUT2D eigenvalue weighted by molar-refractivity contribution is 0.920. The van der Waals surface area contributed by atoms with Gasteiger partial charge in [-0.05, 0) is 23.6 Å². The molecule has 0 saturated carbocycles. The molecule has 0 saturated heterocycles. The zero-order valence-electron chi connectivity index (χ0n) is 11.2. The minimum absolute atomic E-state index is 0.161. The maximum atomic E-state index is 8.90. The molecule has 0 amide bonds. The molecule has 0 bridgehead atoms. The largest absolute Gasteiger partial charge is 0.396 e. The number of nitrogens with one attached hydrogen (secondary N) is 1. The summed E-state index contributed by atoms with van der Waals surface area (Å²) in [5.41, 5.74) is 13.0. The first-order valence-electron chi connectivity index (χ1n) is 6.20. The lowest BCUT2D eigenvalue weighted by Crippen LogP contribution is -2.23. The Kier molecular flexibility index (Phi) is 4.04. The standard InChI is InChI=1S/C16H16N4/c1-11-4-2-3-5-14(11)12-6-8-13(9-7-12)16(18)15(10-17)20-19/h2-9,20H,18-19H2,1H3/b16-15-. The van der Waals surface area contributed by atoms with Crippen LogP contribution in [0, 0.1) is 18.3 Å². The molecule has 5 N–H and O–H groups in total. The Hall–Kier alpha value is -2.77. The number of hydrogen-bond acceptors (Lipinski definition) is 4. The zero-order valence-corrected chi connectivity index (χ0v) is 11.2. The maximum Gasteiger partial charge on any atom is 0.151 e. The van der Waals surface area contributed by atoms with Gasteiger partial charge in [0, 0.05) is 5.56 Å². The highest BCUT2D eigenvalue weighted by Crippen LogP contribution is 2.24. The molecule has 0 heterocycles. The summed E-state index contributed by atoms with van der Waals surface area (Å²) in [4.78, 5) is 0. The van der Waals surface area contributed by atoms with Crippen molar-refractivity contribution in [1.82, 2.24) is 5.43 Å². The van der Waals surface area contributed by atoms with E-state index in [9.17, 15) is 0 Å². The lowest BCUT2D eigenvalue weighted by atomic mass is 9.99. The molecular weight excluding hydrogens is 248 g/mol. The van der Waals surface area contributed by atoms with E-state index in [0.717, 1.165) is 11.1 Å². The van der Waals surface area contributed by atoms with E-state index in [2.05, 4.69) is 24.5 Å². The van der Waals surface area contributed by atoms with E-state index in [4.69, 9.17) is 16.8 Å². The summed E-state index contributed by atoms with van der Waals surface area (Å²) in [6.45, 7) is 2.07. The third kappa shape index (κ3) is 2.63. The minimum atomic E-state index is 0.161. The summed E-state index contributed by atoms with van der Waals surface area (Å²) in [6, 6.07) is 17.8. The Balaban J connectivity index is 2.40. The molecule has 4 nitrogen and oxygen atoms in total. The van der Waals surface area contributed by atoms with Gasteiger partial charge in [-0.3, -0.25) is 0 Å². The summed E-state index contributed by atoms with van der Waals surface area (Å²) in [6.07, 6.45) is 0. The average Bonchev–Trinajstić information content (AvgIpc) is 2.49. The molecule has 0 spiro atoms. The highest BCUT2D eigenvalue weighted by atomic mass is 15.2. The highest BCUT2D eigenvalue weighted by molar-refractivity contribution is 5.73. The fourth-order valence-corrected chi connectivity index (χ4v) is 2.04. The SMILES string of the molecule is Cc1ccccc1-c1ccc(/C(N)=C(\C#N)NN)cc1. The van der Waals surface area contributed by atoms with E-state index >= 15 is 0 Å². The lowest BCUT2D eigenvalue weighted by Gasteiger charge is -2.08. The number of rotatable bonds is 3. The van der Waals surface area contributed by atoms with Crippen molar-refractivity contribution in [1.29, 1.82) is 5.26 Å². The molecule has 2 rings (SSSR count). The predicted octanol–water partition coefficient (Wildman–Crippen LogP) is 2.28. The number of nitrogens with zero attached hydrogens (tertiary/aromatic N) is 1. The van der Waals surface area contributed by atoms with E-state index in [1.165, 1.54) is 11.1 Å². The van der Waals surface area contributed by atoms with Crippen molar-refractivity contribution in [3.8, 4) is 17.2 Å². The van der Waals surface area contributed by atoms with E-state index < -0.39 is 0 Å². The van der Waals surface area contributed by atoms with Crippen molar-refractivity contribution >= 4 is 5.70 Å². The molecule has 0 aliphatic heterocycles. The van der Waals surface area contributed by atoms with E-state index in [1.807, 2.05) is 42.5 Å². The summed E-state index contributed by atoms with van der Waals surface area (Å²) in [5, 5.41) is 8.90. The number of nitriles is 1. The van der Waals surface area contributed by atoms with E-state index in [-0.39, 0.29) is 5.70 Å². The fourth-order valence-electron chi connectivity index (χ4n) is 2.04. The minimum Gasteiger partial charge on any atom is -0.396 e. The Morgan fingerprint density at radius 3 is 2.30 bits per heavy atom. The Morgan fingerprint density at radius 1 is 1.10 bits per heavy atom. The van der Waals surface area contributed by atoms with Crippen molar-refractivity contribution in [3.63, 3.8) is 0 Å². The van der Waals surface area contributed by atoms with E-state index in [0.29, 0.717) is 5.70 Å². The van der Waals surface area contributed by atoms with Crippen LogP contribution in [0.4, 0.5) is 0 Å². The zero-order chi connectivity index (χ0) is 14.5. The summed E-state index contributed by atoms with van der Waals surface area (Å²) < 4.78 is 0. The van der Waals surface area contributed by atoms with Gasteiger partial charge in [0.25, 0.3) is 0 Å². The molecule has 20 heavy (non-hydrogen) atoms. The van der Waals surface area contributed by atoms with Crippen LogP contribution in [0.3, 0.4) is 0 Å². The maximum absolute atomic E-state index is 8.90. The van der Waals surface area contributed by atoms with Crippen LogP contribution in [0.1, 0.15) is 11.1 Å². The van der Waals surface area contributed by atoms with Gasteiger partial charge in [-0.1, -0.05) is 48.5 Å². The molecule has 0 aliphatic rings. The first-order chi connectivity index (χ1) is 9.67. The second-order valence-corrected chi connectivity index (χ2v) is 4.44. The van der Waals surface area contributed by atoms with Gasteiger partial charge in [-0.2, -0.15) is 5.26 Å². The quantitative estimate of drug-likeness (QED) is 0.451. The summed E-state index contributed by atoms with van der Waals surface area (Å²) >= 11 is 0. The highest BCUT2D eigenvalue weighted by Gasteiger charge is 2.05. The van der Waals surface area contributed by atoms with Crippen molar-refractivity contribution in [3.05, 3.63) is 65.4 Å². The molecule has 100 valence electrons. The molecule has 0 fully saturated rings. The Morgan fingerprint density at radius 2 is 1.75 bits per heavy atom. The van der Waals surface area contributed by atoms with Gasteiger partial charge in [0.05, 0.1) is 5.70 Å². The first-order valence-corrected chi connectivity index (χ1v) is 6.20. The van der Waals surface area contributed by atoms with Gasteiger partial charge < -0.3 is 11.2 Å². The molecule has 0 aliphatic carbocycles. The van der Waals surface area contributed by atoms with Crippen LogP contribution in [-0.2, 0) is 0 Å². The third-order valence-corrected chi connectivity index (χ3v) is 3.18. The van der Waals surface area contributed by atoms with Crippen LogP contribution in [0.15, 0.2) is 54.2 Å². The number of hydrazine groups is 1. The number of aryl methyl sites for hydroxylation is 1. The van der Waals surface area contributed by atoms with Crippen molar-refractivity contribution < 1.29 is 0 Å². The molecule has 2 aromatic rings. The topological polar surface area (TPSA) is 87.9 Å². The molecule has 0 atom stereocenters. The summed E-state index contributed by atoms with van der Waals surface area (Å²) in [7, 11) is 0. The third-order valence-electron chi connectivity index (χ3n) is 3.18. The van der Waals surface area contributed by atoms with Crippen LogP contribution in [0.2, 0.25) is 0 Å². The number of allylic oxidation sites excluding steroid dienone is 1. The smallest absolute Gasteiger partial charge is 0.151 e. The fraction of sp³-hybridized carbons (Fsp3) is 0.0625. The van der Waals surface area contributed by atoms with Gasteiger partial charge in [-0.15, -0.1) is 0 Å². The molecular formula is C16H16N4. The van der Waals surface area contributed by atoms with Crippen LogP contribution in [-0.4, -0.2) is 0 Å². The number of nitrogens with two attached hydrogens (primary N) is 2. The van der Waals surface area contributed by atoms with E-state index in [1.54, 1.807) is 0 Å². The van der Waals surface area contributed by atoms with Crippen LogP contribution in [0.5, 0.6) is 0 Å². The summed E-state index contributed by atoms with van der Waals surface area (Å²) in [5.74, 6) is 5.25. The van der Waals surface area contributed by atoms with Crippen molar-refractivity contribution in [2.75, 3.05) is 0 Å². The first kappa shape index (κ1) is 13.7. The second kappa shape index (κ2) is 5.91. The normalized spacial score (nSPS) is 11.4. The van der Waals surface area contributed by atoms with Crippen molar-refractivity contribution in [2.45, 2.75) is 6.92 Å². The van der Waals surface area contributed by atoms with Crippen LogP contribution < -0.4 is 17.0 Å². The van der Waals surface area contributed by atoms with Crippen LogP contribution >= 0.6 is 0 Å². The van der Waals surface area contributed by atoms with Crippen LogP contribution in [0.25, 0.3) is 16.8 Å². The van der Waals surface area contributed by atoms with Gasteiger partial charge >= 0.3 is 0 Å². The molecule has 2 aromatic carbocycles. The Labute approximate surface area is 118 Å². The van der Waals surface area contributed by atoms with Crippen molar-refractivity contribution in [2.24, 2.45) is 11.6 Å². The monoisotopic (exact) mass is 264 g/mol.